The molecule has 1 aromatic heterocycles. The number of nitrogens with one attached hydrogen (secondary N) is 1. The van der Waals surface area contributed by atoms with E-state index in [1.54, 1.807) is 23.5 Å². The lowest BCUT2D eigenvalue weighted by atomic mass is 10.1. The van der Waals surface area contributed by atoms with Crippen LogP contribution in [0.2, 0.25) is 5.02 Å². The van der Waals surface area contributed by atoms with Gasteiger partial charge in [0, 0.05) is 21.7 Å². The number of rotatable bonds is 5. The second-order valence-corrected chi connectivity index (χ2v) is 6.53. The average molecular weight is 374 g/mol. The minimum absolute atomic E-state index is 0.271. The van der Waals surface area contributed by atoms with E-state index >= 15 is 0 Å². The number of hydrogen-bond acceptors (Lipinski definition) is 4. The van der Waals surface area contributed by atoms with E-state index in [2.05, 4.69) is 5.32 Å². The van der Waals surface area contributed by atoms with Gasteiger partial charge in [-0.25, -0.2) is 0 Å². The molecule has 0 aliphatic rings. The van der Waals surface area contributed by atoms with E-state index < -0.39 is 0 Å². The topological polar surface area (TPSA) is 47.6 Å². The molecule has 0 spiro atoms. The summed E-state index contributed by atoms with van der Waals surface area (Å²) in [6, 6.07) is 14.8. The maximum atomic E-state index is 12.7. The number of benzene rings is 2. The molecule has 2 aromatic carbocycles. The van der Waals surface area contributed by atoms with Crippen LogP contribution < -0.4 is 14.8 Å². The van der Waals surface area contributed by atoms with Crippen LogP contribution in [0.5, 0.6) is 11.5 Å². The molecule has 0 saturated carbocycles. The Hall–Kier alpha value is -2.50. The third kappa shape index (κ3) is 3.62. The molecule has 0 saturated heterocycles. The minimum atomic E-state index is -0.271. The van der Waals surface area contributed by atoms with Crippen molar-refractivity contribution in [3.8, 4) is 21.9 Å². The van der Waals surface area contributed by atoms with Crippen LogP contribution in [0.15, 0.2) is 53.9 Å². The summed E-state index contributed by atoms with van der Waals surface area (Å²) in [5, 5.41) is 5.26. The maximum Gasteiger partial charge on any atom is 0.255 e. The van der Waals surface area contributed by atoms with Gasteiger partial charge in [0.25, 0.3) is 5.91 Å². The van der Waals surface area contributed by atoms with Crippen LogP contribution in [0.4, 0.5) is 5.69 Å². The van der Waals surface area contributed by atoms with Crippen molar-refractivity contribution in [1.82, 2.24) is 0 Å². The SMILES string of the molecule is COc1cc(C(=O)Nc2ccccc2-c2cccs2)cc(Cl)c1OC. The summed E-state index contributed by atoms with van der Waals surface area (Å²) in [7, 11) is 3.00. The van der Waals surface area contributed by atoms with E-state index in [0.717, 1.165) is 16.1 Å². The molecule has 1 amide bonds. The molecule has 3 aromatic rings. The van der Waals surface area contributed by atoms with Gasteiger partial charge in [0.05, 0.1) is 19.2 Å². The first kappa shape index (κ1) is 17.3. The van der Waals surface area contributed by atoms with Crippen molar-refractivity contribution in [1.29, 1.82) is 0 Å². The molecule has 1 N–H and O–H groups in total. The normalized spacial score (nSPS) is 10.4. The molecular weight excluding hydrogens is 358 g/mol. The van der Waals surface area contributed by atoms with E-state index in [-0.39, 0.29) is 5.91 Å². The first-order chi connectivity index (χ1) is 12.1. The summed E-state index contributed by atoms with van der Waals surface area (Å²) >= 11 is 7.81. The third-order valence-corrected chi connectivity index (χ3v) is 4.84. The Morgan fingerprint density at radius 3 is 2.56 bits per heavy atom. The molecule has 6 heteroatoms. The highest BCUT2D eigenvalue weighted by Gasteiger charge is 2.16. The molecule has 4 nitrogen and oxygen atoms in total. The van der Waals surface area contributed by atoms with Gasteiger partial charge in [0.2, 0.25) is 0 Å². The summed E-state index contributed by atoms with van der Waals surface area (Å²) in [6.07, 6.45) is 0. The van der Waals surface area contributed by atoms with Crippen molar-refractivity contribution < 1.29 is 14.3 Å². The molecule has 0 aliphatic carbocycles. The van der Waals surface area contributed by atoms with Gasteiger partial charge in [-0.15, -0.1) is 11.3 Å². The Bertz CT molecular complexity index is 894. The zero-order valence-electron chi connectivity index (χ0n) is 13.7. The highest BCUT2D eigenvalue weighted by Crippen LogP contribution is 2.37. The number of thiophene rings is 1. The molecule has 1 heterocycles. The van der Waals surface area contributed by atoms with Crippen LogP contribution in [-0.2, 0) is 0 Å². The summed E-state index contributed by atoms with van der Waals surface area (Å²) in [6.45, 7) is 0. The smallest absolute Gasteiger partial charge is 0.255 e. The fraction of sp³-hybridized carbons (Fsp3) is 0.105. The van der Waals surface area contributed by atoms with Crippen molar-refractivity contribution in [3.63, 3.8) is 0 Å². The number of methoxy groups -OCH3 is 2. The maximum absolute atomic E-state index is 12.7. The summed E-state index contributed by atoms with van der Waals surface area (Å²) in [5.41, 5.74) is 2.10. The molecule has 0 atom stereocenters. The summed E-state index contributed by atoms with van der Waals surface area (Å²) in [5.74, 6) is 0.540. The van der Waals surface area contributed by atoms with Crippen molar-refractivity contribution in [2.75, 3.05) is 19.5 Å². The number of anilines is 1. The first-order valence-electron chi connectivity index (χ1n) is 7.50. The van der Waals surface area contributed by atoms with Gasteiger partial charge in [-0.3, -0.25) is 4.79 Å². The Morgan fingerprint density at radius 2 is 1.88 bits per heavy atom. The van der Waals surface area contributed by atoms with Gasteiger partial charge in [0.1, 0.15) is 0 Å². The molecular formula is C19H16ClNO3S. The van der Waals surface area contributed by atoms with Crippen molar-refractivity contribution in [2.45, 2.75) is 0 Å². The number of carbonyl (C=O) groups is 1. The van der Waals surface area contributed by atoms with Gasteiger partial charge in [-0.05, 0) is 29.6 Å². The van der Waals surface area contributed by atoms with Gasteiger partial charge in [-0.2, -0.15) is 0 Å². The van der Waals surface area contributed by atoms with E-state index in [1.807, 2.05) is 41.8 Å². The van der Waals surface area contributed by atoms with E-state index in [1.165, 1.54) is 14.2 Å². The third-order valence-electron chi connectivity index (χ3n) is 3.66. The number of ether oxygens (including phenoxy) is 2. The van der Waals surface area contributed by atoms with Gasteiger partial charge < -0.3 is 14.8 Å². The molecule has 0 aliphatic heterocycles. The average Bonchev–Trinajstić information content (AvgIpc) is 3.15. The van der Waals surface area contributed by atoms with Crippen molar-refractivity contribution in [2.24, 2.45) is 0 Å². The van der Waals surface area contributed by atoms with Crippen LogP contribution >= 0.6 is 22.9 Å². The number of hydrogen-bond donors (Lipinski definition) is 1. The Labute approximate surface area is 155 Å². The zero-order chi connectivity index (χ0) is 17.8. The number of amides is 1. The number of halogens is 1. The molecule has 0 fully saturated rings. The molecule has 0 unspecified atom stereocenters. The molecule has 0 bridgehead atoms. The second kappa shape index (κ2) is 7.59. The molecule has 3 rings (SSSR count). The lowest BCUT2D eigenvalue weighted by Crippen LogP contribution is -2.13. The van der Waals surface area contributed by atoms with Crippen LogP contribution in [0.1, 0.15) is 10.4 Å². The molecule has 128 valence electrons. The fourth-order valence-corrected chi connectivity index (χ4v) is 3.54. The summed E-state index contributed by atoms with van der Waals surface area (Å²) in [4.78, 5) is 13.8. The fourth-order valence-electron chi connectivity index (χ4n) is 2.48. The second-order valence-electron chi connectivity index (χ2n) is 5.17. The van der Waals surface area contributed by atoms with E-state index in [0.29, 0.717) is 22.1 Å². The van der Waals surface area contributed by atoms with E-state index in [9.17, 15) is 4.79 Å². The highest BCUT2D eigenvalue weighted by atomic mass is 35.5. The number of para-hydroxylation sites is 1. The number of carbonyl (C=O) groups excluding carboxylic acids is 1. The summed E-state index contributed by atoms with van der Waals surface area (Å²) < 4.78 is 10.5. The first-order valence-corrected chi connectivity index (χ1v) is 8.75. The van der Waals surface area contributed by atoms with Crippen LogP contribution in [0.3, 0.4) is 0 Å². The monoisotopic (exact) mass is 373 g/mol. The van der Waals surface area contributed by atoms with Crippen molar-refractivity contribution in [3.05, 3.63) is 64.5 Å². The van der Waals surface area contributed by atoms with Gasteiger partial charge in [0.15, 0.2) is 11.5 Å². The molecule has 25 heavy (non-hydrogen) atoms. The molecule has 0 radical (unpaired) electrons. The Morgan fingerprint density at radius 1 is 1.08 bits per heavy atom. The van der Waals surface area contributed by atoms with Crippen molar-refractivity contribution >= 4 is 34.5 Å². The quantitative estimate of drug-likeness (QED) is 0.656. The largest absolute Gasteiger partial charge is 0.493 e. The zero-order valence-corrected chi connectivity index (χ0v) is 15.3. The highest BCUT2D eigenvalue weighted by molar-refractivity contribution is 7.13. The lowest BCUT2D eigenvalue weighted by Gasteiger charge is -2.13. The van der Waals surface area contributed by atoms with E-state index in [4.69, 9.17) is 21.1 Å². The predicted molar refractivity (Wildman–Crippen MR) is 102 cm³/mol. The van der Waals surface area contributed by atoms with Crippen LogP contribution in [0, 0.1) is 0 Å². The lowest BCUT2D eigenvalue weighted by molar-refractivity contribution is 0.102. The van der Waals surface area contributed by atoms with Gasteiger partial charge >= 0.3 is 0 Å². The standard InChI is InChI=1S/C19H16ClNO3S/c1-23-16-11-12(10-14(20)18(16)24-2)19(22)21-15-7-4-3-6-13(15)17-8-5-9-25-17/h3-11H,1-2H3,(H,21,22). The minimum Gasteiger partial charge on any atom is -0.493 e. The van der Waals surface area contributed by atoms with Crippen LogP contribution in [0.25, 0.3) is 10.4 Å². The Kier molecular flexibility index (Phi) is 5.26. The predicted octanol–water partition coefficient (Wildman–Crippen LogP) is 5.34. The van der Waals surface area contributed by atoms with Gasteiger partial charge in [-0.1, -0.05) is 35.9 Å². The Balaban J connectivity index is 1.93. The van der Waals surface area contributed by atoms with Crippen LogP contribution in [-0.4, -0.2) is 20.1 Å².